The van der Waals surface area contributed by atoms with Crippen LogP contribution in [0.15, 0.2) is 24.5 Å². The molecule has 1 aromatic heterocycles. The van der Waals surface area contributed by atoms with Crippen LogP contribution in [0.2, 0.25) is 0 Å². The molecular weight excluding hydrogens is 502 g/mol. The number of hydrogen-bond acceptors (Lipinski definition) is 6. The topological polar surface area (TPSA) is 70.6 Å². The monoisotopic (exact) mass is 535 g/mol. The van der Waals surface area contributed by atoms with Crippen LogP contribution < -0.4 is 15.0 Å². The van der Waals surface area contributed by atoms with Crippen molar-refractivity contribution in [2.24, 2.45) is 0 Å². The van der Waals surface area contributed by atoms with Crippen molar-refractivity contribution in [1.29, 1.82) is 0 Å². The fourth-order valence-corrected chi connectivity index (χ4v) is 6.09. The molecule has 2 fully saturated rings. The number of alkyl halides is 3. The van der Waals surface area contributed by atoms with E-state index in [0.717, 1.165) is 42.9 Å². The van der Waals surface area contributed by atoms with Crippen LogP contribution in [0, 0.1) is 5.82 Å². The summed E-state index contributed by atoms with van der Waals surface area (Å²) in [5.41, 5.74) is 2.42. The minimum Gasteiger partial charge on any atom is -0.403 e. The van der Waals surface area contributed by atoms with E-state index in [0.29, 0.717) is 44.1 Å². The van der Waals surface area contributed by atoms with E-state index in [2.05, 4.69) is 31.8 Å². The number of anilines is 1. The van der Waals surface area contributed by atoms with Crippen molar-refractivity contribution in [2.75, 3.05) is 31.1 Å². The predicted octanol–water partition coefficient (Wildman–Crippen LogP) is 4.53. The number of nitrogens with one attached hydrogen (secondary N) is 1. The van der Waals surface area contributed by atoms with Crippen molar-refractivity contribution in [2.45, 2.75) is 76.2 Å². The average molecular weight is 536 g/mol. The number of piperazine rings is 1. The lowest BCUT2D eigenvalue weighted by Crippen LogP contribution is -2.53. The summed E-state index contributed by atoms with van der Waals surface area (Å²) in [6.45, 7) is 8.40. The molecule has 11 heteroatoms. The molecule has 1 N–H and O–H groups in total. The van der Waals surface area contributed by atoms with Crippen LogP contribution in [0.1, 0.15) is 68.7 Å². The molecule has 1 unspecified atom stereocenters. The molecule has 2 aromatic rings. The minimum atomic E-state index is -5.00. The van der Waals surface area contributed by atoms with Crippen molar-refractivity contribution >= 4 is 11.7 Å². The fraction of sp³-hybridized carbons (Fsp3) is 0.593. The normalized spacial score (nSPS) is 23.9. The summed E-state index contributed by atoms with van der Waals surface area (Å²) in [5.74, 6) is -1.63. The lowest BCUT2D eigenvalue weighted by Gasteiger charge is -2.39. The van der Waals surface area contributed by atoms with Crippen LogP contribution >= 0.6 is 0 Å². The van der Waals surface area contributed by atoms with Crippen LogP contribution in [-0.4, -0.2) is 64.9 Å². The van der Waals surface area contributed by atoms with Crippen molar-refractivity contribution in [1.82, 2.24) is 20.2 Å². The van der Waals surface area contributed by atoms with Gasteiger partial charge in [-0.25, -0.2) is 14.4 Å². The third kappa shape index (κ3) is 5.43. The van der Waals surface area contributed by atoms with Gasteiger partial charge in [-0.05, 0) is 63.1 Å². The molecule has 0 saturated carbocycles. The first-order valence-electron chi connectivity index (χ1n) is 13.1. The van der Waals surface area contributed by atoms with Crippen LogP contribution in [0.25, 0.3) is 0 Å². The minimum absolute atomic E-state index is 0.162. The first-order valence-corrected chi connectivity index (χ1v) is 13.1. The summed E-state index contributed by atoms with van der Waals surface area (Å²) in [6.07, 6.45) is 0.111. The zero-order valence-electron chi connectivity index (χ0n) is 21.8. The van der Waals surface area contributed by atoms with Gasteiger partial charge >= 0.3 is 6.36 Å². The van der Waals surface area contributed by atoms with Gasteiger partial charge in [0, 0.05) is 49.0 Å². The maximum Gasteiger partial charge on any atom is 0.573 e. The van der Waals surface area contributed by atoms with Gasteiger partial charge in [0.1, 0.15) is 12.1 Å². The number of benzene rings is 1. The first kappa shape index (κ1) is 26.6. The molecule has 3 heterocycles. The lowest BCUT2D eigenvalue weighted by molar-refractivity contribution is -0.275. The van der Waals surface area contributed by atoms with Crippen molar-refractivity contribution in [3.8, 4) is 5.75 Å². The Bertz CT molecular complexity index is 1200. The van der Waals surface area contributed by atoms with Crippen molar-refractivity contribution in [3.05, 3.63) is 47.2 Å². The van der Waals surface area contributed by atoms with Crippen LogP contribution in [0.3, 0.4) is 0 Å². The second-order valence-electron chi connectivity index (χ2n) is 11.2. The van der Waals surface area contributed by atoms with Crippen molar-refractivity contribution in [3.63, 3.8) is 0 Å². The number of amides is 1. The van der Waals surface area contributed by atoms with Crippen LogP contribution in [0.4, 0.5) is 23.4 Å². The van der Waals surface area contributed by atoms with Crippen molar-refractivity contribution < 1.29 is 27.1 Å². The Morgan fingerprint density at radius 1 is 1.16 bits per heavy atom. The number of ether oxygens (including phenoxy) is 1. The number of hydrogen-bond donors (Lipinski definition) is 1. The van der Waals surface area contributed by atoms with Gasteiger partial charge in [-0.2, -0.15) is 0 Å². The summed E-state index contributed by atoms with van der Waals surface area (Å²) in [5, 5.41) is 3.48. The highest BCUT2D eigenvalue weighted by Crippen LogP contribution is 2.38. The van der Waals surface area contributed by atoms with Crippen LogP contribution in [0.5, 0.6) is 5.75 Å². The van der Waals surface area contributed by atoms with Gasteiger partial charge in [-0.1, -0.05) is 13.0 Å². The quantitative estimate of drug-likeness (QED) is 0.568. The molecule has 1 amide bonds. The summed E-state index contributed by atoms with van der Waals surface area (Å²) in [7, 11) is 0. The molecular formula is C27H33F4N5O2. The number of halogens is 4. The summed E-state index contributed by atoms with van der Waals surface area (Å²) >= 11 is 0. The Labute approximate surface area is 219 Å². The molecule has 1 aromatic carbocycles. The highest BCUT2D eigenvalue weighted by molar-refractivity contribution is 5.85. The summed E-state index contributed by atoms with van der Waals surface area (Å²) in [6, 6.07) is 3.04. The molecule has 2 aliphatic heterocycles. The van der Waals surface area contributed by atoms with Crippen LogP contribution in [-0.2, 0) is 11.2 Å². The molecule has 3 aliphatic rings. The molecule has 0 bridgehead atoms. The average Bonchev–Trinajstić information content (AvgIpc) is 3.42. The highest BCUT2D eigenvalue weighted by atomic mass is 19.4. The van der Waals surface area contributed by atoms with E-state index in [-0.39, 0.29) is 17.5 Å². The van der Waals surface area contributed by atoms with Gasteiger partial charge in [0.25, 0.3) is 0 Å². The van der Waals surface area contributed by atoms with Gasteiger partial charge in [0.15, 0.2) is 11.6 Å². The molecule has 3 atom stereocenters. The first-order chi connectivity index (χ1) is 17.9. The molecule has 38 heavy (non-hydrogen) atoms. The maximum absolute atomic E-state index is 14.7. The number of aryl methyl sites for hydroxylation is 1. The van der Waals surface area contributed by atoms with E-state index < -0.39 is 23.8 Å². The van der Waals surface area contributed by atoms with Gasteiger partial charge in [0.2, 0.25) is 5.91 Å². The zero-order valence-corrected chi connectivity index (χ0v) is 21.8. The Kier molecular flexibility index (Phi) is 7.00. The standard InChI is InChI=1S/C27H33F4N5O2/c1-16-4-6-19-22(16)24(33-15-32-19)35-10-12-36(13-11-35)25(37)23(20-8-9-26(2,3)34-20)17-5-7-21(18(28)14-17)38-27(29,30)31/h5,7,14-16,20,23,34H,4,6,8-13H2,1-3H3/t16-,20+,23?/m1/s1. The third-order valence-electron chi connectivity index (χ3n) is 8.01. The second-order valence-corrected chi connectivity index (χ2v) is 11.2. The van der Waals surface area contributed by atoms with Gasteiger partial charge in [-0.3, -0.25) is 4.79 Å². The number of nitrogens with zero attached hydrogens (tertiary/aromatic N) is 4. The summed E-state index contributed by atoms with van der Waals surface area (Å²) < 4.78 is 56.4. The molecule has 0 radical (unpaired) electrons. The Balaban J connectivity index is 1.36. The lowest BCUT2D eigenvalue weighted by atomic mass is 9.88. The van der Waals surface area contributed by atoms with Gasteiger partial charge < -0.3 is 19.9 Å². The third-order valence-corrected chi connectivity index (χ3v) is 8.01. The largest absolute Gasteiger partial charge is 0.573 e. The zero-order chi connectivity index (χ0) is 27.2. The van der Waals surface area contributed by atoms with Gasteiger partial charge in [0.05, 0.1) is 5.92 Å². The molecule has 206 valence electrons. The Morgan fingerprint density at radius 3 is 2.53 bits per heavy atom. The number of carbonyl (C=O) groups excluding carboxylic acids is 1. The maximum atomic E-state index is 14.7. The SMILES string of the molecule is C[C@@H]1CCc2ncnc(N3CCN(C(=O)C(c4ccc(OC(F)(F)F)c(F)c4)[C@@H]4CCC(C)(C)N4)CC3)c21. The second kappa shape index (κ2) is 9.98. The Morgan fingerprint density at radius 2 is 1.89 bits per heavy atom. The predicted molar refractivity (Wildman–Crippen MR) is 134 cm³/mol. The molecule has 1 aliphatic carbocycles. The number of carbonyl (C=O) groups is 1. The van der Waals surface area contributed by atoms with E-state index in [4.69, 9.17) is 0 Å². The number of aromatic nitrogens is 2. The van der Waals surface area contributed by atoms with Gasteiger partial charge in [-0.15, -0.1) is 13.2 Å². The molecule has 7 nitrogen and oxygen atoms in total. The number of fused-ring (bicyclic) bond motifs is 1. The Hall–Kier alpha value is -2.95. The summed E-state index contributed by atoms with van der Waals surface area (Å²) in [4.78, 5) is 26.9. The molecule has 2 saturated heterocycles. The van der Waals surface area contributed by atoms with E-state index in [1.807, 2.05) is 13.8 Å². The molecule has 0 spiro atoms. The van der Waals surface area contributed by atoms with E-state index in [1.54, 1.807) is 11.2 Å². The number of rotatable bonds is 5. The fourth-order valence-electron chi connectivity index (χ4n) is 6.09. The van der Waals surface area contributed by atoms with E-state index in [1.165, 1.54) is 11.6 Å². The highest BCUT2D eigenvalue weighted by Gasteiger charge is 2.42. The van der Waals surface area contributed by atoms with E-state index >= 15 is 0 Å². The molecule has 5 rings (SSSR count). The smallest absolute Gasteiger partial charge is 0.403 e. The van der Waals surface area contributed by atoms with E-state index in [9.17, 15) is 22.4 Å².